The van der Waals surface area contributed by atoms with Gasteiger partial charge in [-0.2, -0.15) is 0 Å². The molecule has 1 rings (SSSR count). The lowest BCUT2D eigenvalue weighted by Gasteiger charge is -2.17. The van der Waals surface area contributed by atoms with Crippen molar-refractivity contribution in [2.45, 2.75) is 51.7 Å². The smallest absolute Gasteiger partial charge is 0.0605 e. The number of aliphatic hydroxyl groups excluding tert-OH is 1. The zero-order valence-electron chi connectivity index (χ0n) is 10.9. The first-order valence-corrected chi connectivity index (χ1v) is 6.56. The summed E-state index contributed by atoms with van der Waals surface area (Å²) in [6.07, 6.45) is 3.49. The first-order valence-electron chi connectivity index (χ1n) is 6.56. The number of aliphatic hydroxyl groups is 1. The molecule has 0 saturated heterocycles. The van der Waals surface area contributed by atoms with Crippen LogP contribution in [0.2, 0.25) is 0 Å². The van der Waals surface area contributed by atoms with Crippen LogP contribution in [0.5, 0.6) is 0 Å². The Morgan fingerprint density at radius 3 is 2.59 bits per heavy atom. The molecular weight excluding hydrogens is 212 g/mol. The maximum absolute atomic E-state index is 9.95. The SMILES string of the molecule is CCCCOC(C)CC(O)Cc1ccccc1. The van der Waals surface area contributed by atoms with E-state index in [9.17, 15) is 5.11 Å². The average Bonchev–Trinajstić information content (AvgIpc) is 2.30. The highest BCUT2D eigenvalue weighted by atomic mass is 16.5. The van der Waals surface area contributed by atoms with Gasteiger partial charge in [0, 0.05) is 6.61 Å². The minimum atomic E-state index is -0.311. The van der Waals surface area contributed by atoms with Gasteiger partial charge in [0.15, 0.2) is 0 Å². The second-order valence-corrected chi connectivity index (χ2v) is 4.61. The predicted octanol–water partition coefficient (Wildman–Crippen LogP) is 3.19. The van der Waals surface area contributed by atoms with Crippen LogP contribution in [0.1, 0.15) is 38.7 Å². The van der Waals surface area contributed by atoms with Crippen molar-refractivity contribution in [1.82, 2.24) is 0 Å². The Morgan fingerprint density at radius 1 is 1.24 bits per heavy atom. The van der Waals surface area contributed by atoms with E-state index in [0.29, 0.717) is 12.8 Å². The van der Waals surface area contributed by atoms with Crippen molar-refractivity contribution < 1.29 is 9.84 Å². The van der Waals surface area contributed by atoms with Crippen LogP contribution in [0.15, 0.2) is 30.3 Å². The maximum Gasteiger partial charge on any atom is 0.0605 e. The summed E-state index contributed by atoms with van der Waals surface area (Å²) in [5, 5.41) is 9.95. The number of hydrogen-bond acceptors (Lipinski definition) is 2. The van der Waals surface area contributed by atoms with E-state index >= 15 is 0 Å². The fraction of sp³-hybridized carbons (Fsp3) is 0.600. The average molecular weight is 236 g/mol. The zero-order chi connectivity index (χ0) is 12.5. The largest absolute Gasteiger partial charge is 0.393 e. The van der Waals surface area contributed by atoms with E-state index in [1.807, 2.05) is 37.3 Å². The summed E-state index contributed by atoms with van der Waals surface area (Å²) >= 11 is 0. The third-order valence-corrected chi connectivity index (χ3v) is 2.82. The molecule has 1 N–H and O–H groups in total. The molecule has 0 fully saturated rings. The highest BCUT2D eigenvalue weighted by molar-refractivity contribution is 5.15. The van der Waals surface area contributed by atoms with Crippen molar-refractivity contribution in [3.05, 3.63) is 35.9 Å². The summed E-state index contributed by atoms with van der Waals surface area (Å²) in [4.78, 5) is 0. The van der Waals surface area contributed by atoms with Gasteiger partial charge in [-0.1, -0.05) is 43.7 Å². The molecule has 0 radical (unpaired) electrons. The van der Waals surface area contributed by atoms with Gasteiger partial charge in [-0.3, -0.25) is 0 Å². The van der Waals surface area contributed by atoms with Crippen LogP contribution in [0, 0.1) is 0 Å². The summed E-state index contributed by atoms with van der Waals surface area (Å²) in [7, 11) is 0. The standard InChI is InChI=1S/C15H24O2/c1-3-4-10-17-13(2)11-15(16)12-14-8-6-5-7-9-14/h5-9,13,15-16H,3-4,10-12H2,1-2H3. The van der Waals surface area contributed by atoms with Crippen molar-refractivity contribution in [3.63, 3.8) is 0 Å². The van der Waals surface area contributed by atoms with Gasteiger partial charge >= 0.3 is 0 Å². The van der Waals surface area contributed by atoms with Crippen LogP contribution in [-0.2, 0) is 11.2 Å². The lowest BCUT2D eigenvalue weighted by molar-refractivity contribution is 0.0234. The molecule has 2 unspecified atom stereocenters. The Bertz CT molecular complexity index is 284. The summed E-state index contributed by atoms with van der Waals surface area (Å²) in [5.41, 5.74) is 1.18. The van der Waals surface area contributed by atoms with Crippen LogP contribution >= 0.6 is 0 Å². The molecule has 17 heavy (non-hydrogen) atoms. The van der Waals surface area contributed by atoms with E-state index in [1.54, 1.807) is 0 Å². The van der Waals surface area contributed by atoms with Crippen LogP contribution in [0.25, 0.3) is 0 Å². The van der Waals surface area contributed by atoms with Crippen LogP contribution in [0.4, 0.5) is 0 Å². The zero-order valence-corrected chi connectivity index (χ0v) is 10.9. The molecule has 0 aliphatic carbocycles. The monoisotopic (exact) mass is 236 g/mol. The summed E-state index contributed by atoms with van der Waals surface area (Å²) < 4.78 is 5.63. The van der Waals surface area contributed by atoms with Crippen LogP contribution < -0.4 is 0 Å². The normalized spacial score (nSPS) is 14.5. The van der Waals surface area contributed by atoms with E-state index in [1.165, 1.54) is 5.56 Å². The fourth-order valence-electron chi connectivity index (χ4n) is 1.85. The van der Waals surface area contributed by atoms with Gasteiger partial charge in [0.25, 0.3) is 0 Å². The highest BCUT2D eigenvalue weighted by Gasteiger charge is 2.11. The van der Waals surface area contributed by atoms with Gasteiger partial charge in [-0.25, -0.2) is 0 Å². The Hall–Kier alpha value is -0.860. The number of ether oxygens (including phenoxy) is 1. The minimum absolute atomic E-state index is 0.139. The molecule has 2 nitrogen and oxygen atoms in total. The highest BCUT2D eigenvalue weighted by Crippen LogP contribution is 2.09. The lowest BCUT2D eigenvalue weighted by atomic mass is 10.0. The molecule has 0 heterocycles. The fourth-order valence-corrected chi connectivity index (χ4v) is 1.85. The quantitative estimate of drug-likeness (QED) is 0.702. The van der Waals surface area contributed by atoms with Crippen molar-refractivity contribution in [1.29, 1.82) is 0 Å². The second kappa shape index (κ2) is 8.26. The summed E-state index contributed by atoms with van der Waals surface area (Å²) in [6.45, 7) is 4.98. The Morgan fingerprint density at radius 2 is 1.94 bits per heavy atom. The van der Waals surface area contributed by atoms with Crippen LogP contribution in [-0.4, -0.2) is 23.9 Å². The molecular formula is C15H24O2. The molecule has 0 amide bonds. The van der Waals surface area contributed by atoms with Crippen LogP contribution in [0.3, 0.4) is 0 Å². The number of unbranched alkanes of at least 4 members (excludes halogenated alkanes) is 1. The van der Waals surface area contributed by atoms with Gasteiger partial charge in [-0.05, 0) is 31.7 Å². The van der Waals surface area contributed by atoms with E-state index in [-0.39, 0.29) is 12.2 Å². The molecule has 1 aromatic rings. The Labute approximate surface area is 105 Å². The summed E-state index contributed by atoms with van der Waals surface area (Å²) in [6, 6.07) is 10.1. The number of hydrogen-bond donors (Lipinski definition) is 1. The molecule has 0 aliphatic rings. The van der Waals surface area contributed by atoms with Crippen molar-refractivity contribution in [2.24, 2.45) is 0 Å². The van der Waals surface area contributed by atoms with Gasteiger partial charge in [0.05, 0.1) is 12.2 Å². The third-order valence-electron chi connectivity index (χ3n) is 2.82. The molecule has 96 valence electrons. The second-order valence-electron chi connectivity index (χ2n) is 4.61. The first-order chi connectivity index (χ1) is 8.22. The lowest BCUT2D eigenvalue weighted by Crippen LogP contribution is -2.20. The first kappa shape index (κ1) is 14.2. The van der Waals surface area contributed by atoms with Gasteiger partial charge < -0.3 is 9.84 Å². The Kier molecular flexibility index (Phi) is 6.90. The van der Waals surface area contributed by atoms with Crippen molar-refractivity contribution in [2.75, 3.05) is 6.61 Å². The predicted molar refractivity (Wildman–Crippen MR) is 71.1 cm³/mol. The Balaban J connectivity index is 2.22. The molecule has 2 heteroatoms. The number of benzene rings is 1. The van der Waals surface area contributed by atoms with E-state index in [0.717, 1.165) is 19.4 Å². The van der Waals surface area contributed by atoms with Gasteiger partial charge in [0.2, 0.25) is 0 Å². The molecule has 0 aromatic heterocycles. The van der Waals surface area contributed by atoms with E-state index < -0.39 is 0 Å². The third kappa shape index (κ3) is 6.44. The maximum atomic E-state index is 9.95. The molecule has 1 aromatic carbocycles. The molecule has 0 aliphatic heterocycles. The van der Waals surface area contributed by atoms with Crippen molar-refractivity contribution in [3.8, 4) is 0 Å². The molecule has 0 saturated carbocycles. The van der Waals surface area contributed by atoms with Gasteiger partial charge in [-0.15, -0.1) is 0 Å². The minimum Gasteiger partial charge on any atom is -0.393 e. The van der Waals surface area contributed by atoms with Crippen molar-refractivity contribution >= 4 is 0 Å². The summed E-state index contributed by atoms with van der Waals surface area (Å²) in [5.74, 6) is 0. The van der Waals surface area contributed by atoms with Gasteiger partial charge in [0.1, 0.15) is 0 Å². The molecule has 0 spiro atoms. The molecule has 0 bridgehead atoms. The van der Waals surface area contributed by atoms with E-state index in [2.05, 4.69) is 6.92 Å². The topological polar surface area (TPSA) is 29.5 Å². The van der Waals surface area contributed by atoms with E-state index in [4.69, 9.17) is 4.74 Å². The number of rotatable bonds is 8. The molecule has 2 atom stereocenters.